The summed E-state index contributed by atoms with van der Waals surface area (Å²) < 4.78 is 5.29. The highest BCUT2D eigenvalue weighted by atomic mass is 16.3. The van der Waals surface area contributed by atoms with Crippen LogP contribution >= 0.6 is 0 Å². The quantitative estimate of drug-likeness (QED) is 0.658. The zero-order valence-corrected chi connectivity index (χ0v) is 14.2. The van der Waals surface area contributed by atoms with E-state index in [1.807, 2.05) is 42.5 Å². The molecule has 0 atom stereocenters. The van der Waals surface area contributed by atoms with Crippen molar-refractivity contribution in [3.63, 3.8) is 0 Å². The first kappa shape index (κ1) is 16.1. The summed E-state index contributed by atoms with van der Waals surface area (Å²) in [6.07, 6.45) is 5.00. The molecule has 2 aromatic carbocycles. The van der Waals surface area contributed by atoms with Gasteiger partial charge in [-0.15, -0.1) is 0 Å². The summed E-state index contributed by atoms with van der Waals surface area (Å²) in [4.78, 5) is 12.1. The molecule has 3 aromatic rings. The molecular weight excluding hydrogens is 298 g/mol. The Bertz CT molecular complexity index is 880. The second-order valence-electron chi connectivity index (χ2n) is 6.87. The number of anilines is 1. The van der Waals surface area contributed by atoms with E-state index in [9.17, 15) is 4.79 Å². The summed E-state index contributed by atoms with van der Waals surface area (Å²) in [6, 6.07) is 15.7. The molecule has 1 heterocycles. The van der Waals surface area contributed by atoms with Gasteiger partial charge in [-0.05, 0) is 46.9 Å². The zero-order valence-electron chi connectivity index (χ0n) is 14.2. The highest BCUT2D eigenvalue weighted by Gasteiger charge is 2.12. The van der Waals surface area contributed by atoms with Gasteiger partial charge in [0, 0.05) is 17.1 Å². The van der Waals surface area contributed by atoms with Crippen LogP contribution in [0.3, 0.4) is 0 Å². The first-order valence-electron chi connectivity index (χ1n) is 7.99. The molecule has 0 saturated heterocycles. The van der Waals surface area contributed by atoms with Crippen molar-refractivity contribution in [3.8, 4) is 0 Å². The third-order valence-corrected chi connectivity index (χ3v) is 3.92. The van der Waals surface area contributed by atoms with E-state index in [4.69, 9.17) is 4.42 Å². The van der Waals surface area contributed by atoms with E-state index in [1.54, 1.807) is 12.3 Å². The predicted octanol–water partition coefficient (Wildman–Crippen LogP) is 5.38. The SMILES string of the molecule is CC(C)(C)c1ccc(C=CC(=O)Nc2ccc3occc3c2)cc1. The van der Waals surface area contributed by atoms with Crippen molar-refractivity contribution in [1.82, 2.24) is 0 Å². The first-order chi connectivity index (χ1) is 11.4. The van der Waals surface area contributed by atoms with Gasteiger partial charge in [0.15, 0.2) is 0 Å². The molecule has 0 aliphatic heterocycles. The number of nitrogens with one attached hydrogen (secondary N) is 1. The third kappa shape index (κ3) is 3.74. The number of carbonyl (C=O) groups is 1. The largest absolute Gasteiger partial charge is 0.464 e. The molecular formula is C21H21NO2. The van der Waals surface area contributed by atoms with E-state index >= 15 is 0 Å². The van der Waals surface area contributed by atoms with Gasteiger partial charge in [0.2, 0.25) is 5.91 Å². The van der Waals surface area contributed by atoms with Gasteiger partial charge in [-0.2, -0.15) is 0 Å². The Balaban J connectivity index is 1.66. The molecule has 1 N–H and O–H groups in total. The van der Waals surface area contributed by atoms with Gasteiger partial charge >= 0.3 is 0 Å². The Kier molecular flexibility index (Phi) is 4.26. The molecule has 3 rings (SSSR count). The van der Waals surface area contributed by atoms with Gasteiger partial charge < -0.3 is 9.73 Å². The van der Waals surface area contributed by atoms with Gasteiger partial charge in [-0.1, -0.05) is 45.0 Å². The third-order valence-electron chi connectivity index (χ3n) is 3.92. The Hall–Kier alpha value is -2.81. The van der Waals surface area contributed by atoms with Crippen LogP contribution in [0.15, 0.2) is 65.3 Å². The van der Waals surface area contributed by atoms with Crippen molar-refractivity contribution < 1.29 is 9.21 Å². The van der Waals surface area contributed by atoms with Crippen LogP contribution in [0.2, 0.25) is 0 Å². The maximum absolute atomic E-state index is 12.1. The van der Waals surface area contributed by atoms with Gasteiger partial charge in [0.05, 0.1) is 6.26 Å². The molecule has 0 spiro atoms. The molecule has 24 heavy (non-hydrogen) atoms. The molecule has 0 fully saturated rings. The van der Waals surface area contributed by atoms with E-state index in [2.05, 4.69) is 38.2 Å². The second-order valence-corrected chi connectivity index (χ2v) is 6.87. The van der Waals surface area contributed by atoms with Crippen LogP contribution in [0.1, 0.15) is 31.9 Å². The lowest BCUT2D eigenvalue weighted by Gasteiger charge is -2.18. The molecule has 1 aromatic heterocycles. The van der Waals surface area contributed by atoms with Crippen LogP contribution in [0.5, 0.6) is 0 Å². The number of fused-ring (bicyclic) bond motifs is 1. The Morgan fingerprint density at radius 1 is 1.04 bits per heavy atom. The van der Waals surface area contributed by atoms with Crippen LogP contribution < -0.4 is 5.32 Å². The van der Waals surface area contributed by atoms with Crippen molar-refractivity contribution >= 4 is 28.6 Å². The van der Waals surface area contributed by atoms with E-state index in [1.165, 1.54) is 5.56 Å². The maximum atomic E-state index is 12.1. The summed E-state index contributed by atoms with van der Waals surface area (Å²) in [7, 11) is 0. The summed E-state index contributed by atoms with van der Waals surface area (Å²) in [5.41, 5.74) is 3.97. The number of amides is 1. The minimum atomic E-state index is -0.155. The number of furan rings is 1. The number of benzene rings is 2. The number of hydrogen-bond donors (Lipinski definition) is 1. The summed E-state index contributed by atoms with van der Waals surface area (Å²) in [5, 5.41) is 3.83. The van der Waals surface area contributed by atoms with Crippen LogP contribution in [0.25, 0.3) is 17.0 Å². The van der Waals surface area contributed by atoms with E-state index in [0.29, 0.717) is 0 Å². The normalized spacial score (nSPS) is 12.0. The van der Waals surface area contributed by atoms with Gasteiger partial charge in [0.25, 0.3) is 0 Å². The summed E-state index contributed by atoms with van der Waals surface area (Å²) in [5.74, 6) is -0.155. The lowest BCUT2D eigenvalue weighted by atomic mass is 9.87. The highest BCUT2D eigenvalue weighted by Crippen LogP contribution is 2.23. The van der Waals surface area contributed by atoms with Gasteiger partial charge in [-0.3, -0.25) is 4.79 Å². The fourth-order valence-electron chi connectivity index (χ4n) is 2.49. The van der Waals surface area contributed by atoms with E-state index in [0.717, 1.165) is 22.2 Å². The number of hydrogen-bond acceptors (Lipinski definition) is 2. The van der Waals surface area contributed by atoms with Crippen LogP contribution in [-0.2, 0) is 10.2 Å². The van der Waals surface area contributed by atoms with Crippen LogP contribution in [0, 0.1) is 0 Å². The molecule has 3 heteroatoms. The number of carbonyl (C=O) groups excluding carboxylic acids is 1. The summed E-state index contributed by atoms with van der Waals surface area (Å²) in [6.45, 7) is 6.55. The molecule has 0 unspecified atom stereocenters. The molecule has 0 aliphatic rings. The Morgan fingerprint density at radius 3 is 2.50 bits per heavy atom. The molecule has 1 amide bonds. The zero-order chi connectivity index (χ0) is 17.2. The minimum Gasteiger partial charge on any atom is -0.464 e. The van der Waals surface area contributed by atoms with Crippen molar-refractivity contribution in [2.45, 2.75) is 26.2 Å². The molecule has 0 saturated carbocycles. The second kappa shape index (κ2) is 6.36. The van der Waals surface area contributed by atoms with Crippen molar-refractivity contribution in [2.24, 2.45) is 0 Å². The van der Waals surface area contributed by atoms with Crippen molar-refractivity contribution in [3.05, 3.63) is 72.0 Å². The van der Waals surface area contributed by atoms with Crippen LogP contribution in [-0.4, -0.2) is 5.91 Å². The molecule has 122 valence electrons. The smallest absolute Gasteiger partial charge is 0.248 e. The van der Waals surface area contributed by atoms with Gasteiger partial charge in [0.1, 0.15) is 5.58 Å². The van der Waals surface area contributed by atoms with Crippen molar-refractivity contribution in [2.75, 3.05) is 5.32 Å². The molecule has 0 bridgehead atoms. The summed E-state index contributed by atoms with van der Waals surface area (Å²) >= 11 is 0. The minimum absolute atomic E-state index is 0.130. The fraction of sp³-hybridized carbons (Fsp3) is 0.190. The molecule has 0 aliphatic carbocycles. The Morgan fingerprint density at radius 2 is 1.79 bits per heavy atom. The van der Waals surface area contributed by atoms with E-state index in [-0.39, 0.29) is 11.3 Å². The fourth-order valence-corrected chi connectivity index (χ4v) is 2.49. The average molecular weight is 319 g/mol. The lowest BCUT2D eigenvalue weighted by molar-refractivity contribution is -0.111. The van der Waals surface area contributed by atoms with Gasteiger partial charge in [-0.25, -0.2) is 0 Å². The molecule has 0 radical (unpaired) electrons. The Labute approximate surface area is 142 Å². The molecule has 3 nitrogen and oxygen atoms in total. The predicted molar refractivity (Wildman–Crippen MR) is 99.0 cm³/mol. The maximum Gasteiger partial charge on any atom is 0.248 e. The van der Waals surface area contributed by atoms with E-state index < -0.39 is 0 Å². The van der Waals surface area contributed by atoms with Crippen LogP contribution in [0.4, 0.5) is 5.69 Å². The first-order valence-corrected chi connectivity index (χ1v) is 7.99. The average Bonchev–Trinajstić information content (AvgIpc) is 3.00. The standard InChI is InChI=1S/C21H21NO2/c1-21(2,3)17-7-4-15(5-8-17)6-11-20(23)22-18-9-10-19-16(14-18)12-13-24-19/h4-14H,1-3H3,(H,22,23). The highest BCUT2D eigenvalue weighted by molar-refractivity contribution is 6.02. The topological polar surface area (TPSA) is 42.2 Å². The lowest BCUT2D eigenvalue weighted by Crippen LogP contribution is -2.10. The monoisotopic (exact) mass is 319 g/mol. The van der Waals surface area contributed by atoms with Crippen molar-refractivity contribution in [1.29, 1.82) is 0 Å². The number of rotatable bonds is 3.